The van der Waals surface area contributed by atoms with Crippen LogP contribution in [0, 0.1) is 6.92 Å². The van der Waals surface area contributed by atoms with Gasteiger partial charge in [-0.05, 0) is 31.9 Å². The Hall–Kier alpha value is -1.68. The summed E-state index contributed by atoms with van der Waals surface area (Å²) in [4.78, 5) is 0. The highest BCUT2D eigenvalue weighted by molar-refractivity contribution is 5.42. The van der Waals surface area contributed by atoms with Gasteiger partial charge in [0.15, 0.2) is 0 Å². The lowest BCUT2D eigenvalue weighted by Gasteiger charge is -2.10. The first-order valence-electron chi connectivity index (χ1n) is 6.41. The Bertz CT molecular complexity index is 528. The molecule has 4 nitrogen and oxygen atoms in total. The molecule has 2 rings (SSSR count). The predicted octanol–water partition coefficient (Wildman–Crippen LogP) is 2.55. The molecule has 0 bridgehead atoms. The van der Waals surface area contributed by atoms with E-state index in [2.05, 4.69) is 35.4 Å². The van der Waals surface area contributed by atoms with Crippen LogP contribution < -0.4 is 5.73 Å². The van der Waals surface area contributed by atoms with Gasteiger partial charge in [-0.15, -0.1) is 5.10 Å². The highest BCUT2D eigenvalue weighted by atomic mass is 15.4. The van der Waals surface area contributed by atoms with Gasteiger partial charge in [-0.3, -0.25) is 0 Å². The molecule has 0 saturated carbocycles. The van der Waals surface area contributed by atoms with E-state index in [0.717, 1.165) is 29.9 Å². The summed E-state index contributed by atoms with van der Waals surface area (Å²) < 4.78 is 1.89. The van der Waals surface area contributed by atoms with Gasteiger partial charge >= 0.3 is 0 Å². The SMILES string of the molecule is CCCc1ccccc1-n1nnc(C(C)N)c1C. The fourth-order valence-electron chi connectivity index (χ4n) is 2.19. The monoisotopic (exact) mass is 244 g/mol. The molecule has 1 atom stereocenters. The van der Waals surface area contributed by atoms with Crippen molar-refractivity contribution in [3.05, 3.63) is 41.2 Å². The maximum atomic E-state index is 5.89. The van der Waals surface area contributed by atoms with Crippen LogP contribution in [0.3, 0.4) is 0 Å². The lowest BCUT2D eigenvalue weighted by atomic mass is 10.1. The van der Waals surface area contributed by atoms with Crippen molar-refractivity contribution < 1.29 is 0 Å². The van der Waals surface area contributed by atoms with Crippen LogP contribution in [-0.4, -0.2) is 15.0 Å². The van der Waals surface area contributed by atoms with Crippen molar-refractivity contribution in [2.75, 3.05) is 0 Å². The van der Waals surface area contributed by atoms with Crippen molar-refractivity contribution in [3.8, 4) is 5.69 Å². The molecule has 18 heavy (non-hydrogen) atoms. The Morgan fingerprint density at radius 2 is 2.06 bits per heavy atom. The van der Waals surface area contributed by atoms with Crippen molar-refractivity contribution in [1.82, 2.24) is 15.0 Å². The standard InChI is InChI=1S/C14H20N4/c1-4-7-12-8-5-6-9-13(12)18-11(3)14(10(2)15)16-17-18/h5-6,8-10H,4,7,15H2,1-3H3. The van der Waals surface area contributed by atoms with E-state index in [1.807, 2.05) is 24.6 Å². The normalized spacial score (nSPS) is 12.7. The third kappa shape index (κ3) is 2.29. The molecular weight excluding hydrogens is 224 g/mol. The molecule has 0 amide bonds. The van der Waals surface area contributed by atoms with E-state index in [1.54, 1.807) is 0 Å². The van der Waals surface area contributed by atoms with Gasteiger partial charge in [0.05, 0.1) is 11.4 Å². The number of benzene rings is 1. The topological polar surface area (TPSA) is 56.7 Å². The van der Waals surface area contributed by atoms with Crippen molar-refractivity contribution in [1.29, 1.82) is 0 Å². The summed E-state index contributed by atoms with van der Waals surface area (Å²) in [6, 6.07) is 8.23. The Balaban J connectivity index is 2.49. The minimum atomic E-state index is -0.0860. The molecular formula is C14H20N4. The van der Waals surface area contributed by atoms with Crippen LogP contribution in [0.15, 0.2) is 24.3 Å². The van der Waals surface area contributed by atoms with E-state index in [1.165, 1.54) is 5.56 Å². The average Bonchev–Trinajstić information content (AvgIpc) is 2.72. The van der Waals surface area contributed by atoms with Crippen LogP contribution >= 0.6 is 0 Å². The molecule has 0 aliphatic carbocycles. The Morgan fingerprint density at radius 3 is 2.67 bits per heavy atom. The number of nitrogens with zero attached hydrogens (tertiary/aromatic N) is 3. The summed E-state index contributed by atoms with van der Waals surface area (Å²) in [5, 5.41) is 8.42. The molecule has 1 aromatic carbocycles. The van der Waals surface area contributed by atoms with E-state index in [9.17, 15) is 0 Å². The highest BCUT2D eigenvalue weighted by Crippen LogP contribution is 2.20. The van der Waals surface area contributed by atoms with Gasteiger partial charge in [-0.2, -0.15) is 0 Å². The van der Waals surface area contributed by atoms with Crippen LogP contribution in [0.2, 0.25) is 0 Å². The fraction of sp³-hybridized carbons (Fsp3) is 0.429. The zero-order valence-electron chi connectivity index (χ0n) is 11.2. The van der Waals surface area contributed by atoms with Gasteiger partial charge in [0, 0.05) is 6.04 Å². The average molecular weight is 244 g/mol. The number of hydrogen-bond acceptors (Lipinski definition) is 3. The van der Waals surface area contributed by atoms with Crippen molar-refractivity contribution in [2.45, 2.75) is 39.7 Å². The largest absolute Gasteiger partial charge is 0.323 e. The van der Waals surface area contributed by atoms with Gasteiger partial charge in [0.1, 0.15) is 5.69 Å². The number of hydrogen-bond donors (Lipinski definition) is 1. The van der Waals surface area contributed by atoms with Gasteiger partial charge in [-0.25, -0.2) is 4.68 Å². The van der Waals surface area contributed by atoms with Crippen LogP contribution in [-0.2, 0) is 6.42 Å². The third-order valence-electron chi connectivity index (χ3n) is 3.10. The first kappa shape index (κ1) is 12.8. The van der Waals surface area contributed by atoms with E-state index in [-0.39, 0.29) is 6.04 Å². The Morgan fingerprint density at radius 1 is 1.33 bits per heavy atom. The summed E-state index contributed by atoms with van der Waals surface area (Å²) in [7, 11) is 0. The number of rotatable bonds is 4. The van der Waals surface area contributed by atoms with Crippen LogP contribution in [0.1, 0.15) is 43.3 Å². The van der Waals surface area contributed by atoms with Gasteiger partial charge in [0.2, 0.25) is 0 Å². The van der Waals surface area contributed by atoms with E-state index in [0.29, 0.717) is 0 Å². The number of nitrogens with two attached hydrogens (primary N) is 1. The molecule has 2 aromatic rings. The quantitative estimate of drug-likeness (QED) is 0.899. The van der Waals surface area contributed by atoms with Crippen molar-refractivity contribution in [2.24, 2.45) is 5.73 Å². The summed E-state index contributed by atoms with van der Waals surface area (Å²) in [6.45, 7) is 6.12. The molecule has 0 spiro atoms. The maximum absolute atomic E-state index is 5.89. The molecule has 1 unspecified atom stereocenters. The van der Waals surface area contributed by atoms with Gasteiger partial charge in [-0.1, -0.05) is 36.8 Å². The second kappa shape index (κ2) is 5.31. The molecule has 2 N–H and O–H groups in total. The molecule has 0 aliphatic rings. The highest BCUT2D eigenvalue weighted by Gasteiger charge is 2.14. The zero-order valence-corrected chi connectivity index (χ0v) is 11.2. The molecule has 1 aromatic heterocycles. The smallest absolute Gasteiger partial charge is 0.102 e. The first-order chi connectivity index (χ1) is 8.65. The molecule has 96 valence electrons. The lowest BCUT2D eigenvalue weighted by molar-refractivity contribution is 0.752. The third-order valence-corrected chi connectivity index (χ3v) is 3.10. The minimum absolute atomic E-state index is 0.0860. The molecule has 0 radical (unpaired) electrons. The van der Waals surface area contributed by atoms with Gasteiger partial charge in [0.25, 0.3) is 0 Å². The summed E-state index contributed by atoms with van der Waals surface area (Å²) in [5.41, 5.74) is 10.2. The van der Waals surface area contributed by atoms with E-state index >= 15 is 0 Å². The molecule has 4 heteroatoms. The van der Waals surface area contributed by atoms with E-state index < -0.39 is 0 Å². The predicted molar refractivity (Wildman–Crippen MR) is 72.7 cm³/mol. The Kier molecular flexibility index (Phi) is 3.77. The second-order valence-corrected chi connectivity index (χ2v) is 4.64. The summed E-state index contributed by atoms with van der Waals surface area (Å²) >= 11 is 0. The molecule has 1 heterocycles. The molecule has 0 saturated heterocycles. The minimum Gasteiger partial charge on any atom is -0.323 e. The summed E-state index contributed by atoms with van der Waals surface area (Å²) in [5.74, 6) is 0. The van der Waals surface area contributed by atoms with Crippen LogP contribution in [0.4, 0.5) is 0 Å². The fourth-order valence-corrected chi connectivity index (χ4v) is 2.19. The van der Waals surface area contributed by atoms with Gasteiger partial charge < -0.3 is 5.73 Å². The lowest BCUT2D eigenvalue weighted by Crippen LogP contribution is -2.08. The van der Waals surface area contributed by atoms with Crippen LogP contribution in [0.5, 0.6) is 0 Å². The second-order valence-electron chi connectivity index (χ2n) is 4.64. The number of aromatic nitrogens is 3. The van der Waals surface area contributed by atoms with Crippen molar-refractivity contribution >= 4 is 0 Å². The zero-order chi connectivity index (χ0) is 13.1. The molecule has 0 aliphatic heterocycles. The van der Waals surface area contributed by atoms with Crippen molar-refractivity contribution in [3.63, 3.8) is 0 Å². The Labute approximate surface area is 108 Å². The molecule has 0 fully saturated rings. The number of para-hydroxylation sites is 1. The first-order valence-corrected chi connectivity index (χ1v) is 6.41. The maximum Gasteiger partial charge on any atom is 0.102 e. The van der Waals surface area contributed by atoms with Crippen LogP contribution in [0.25, 0.3) is 5.69 Å². The van der Waals surface area contributed by atoms with E-state index in [4.69, 9.17) is 5.73 Å². The number of aryl methyl sites for hydroxylation is 1. The summed E-state index contributed by atoms with van der Waals surface area (Å²) in [6.07, 6.45) is 2.16.